The first-order chi connectivity index (χ1) is 32.1. The van der Waals surface area contributed by atoms with E-state index in [0.29, 0.717) is 23.7 Å². The summed E-state index contributed by atoms with van der Waals surface area (Å²) in [4.78, 5) is 10.6. The van der Waals surface area contributed by atoms with Crippen molar-refractivity contribution < 1.29 is 0 Å². The number of fused-ring (bicyclic) bond motifs is 8. The second kappa shape index (κ2) is 14.4. The van der Waals surface area contributed by atoms with Crippen molar-refractivity contribution in [3.8, 4) is 17.1 Å². The molecule has 1 aliphatic heterocycles. The molecule has 0 amide bonds. The number of benzene rings is 7. The number of rotatable bonds is 6. The van der Waals surface area contributed by atoms with E-state index in [9.17, 15) is 0 Å². The van der Waals surface area contributed by atoms with Gasteiger partial charge in [0.25, 0.3) is 0 Å². The van der Waals surface area contributed by atoms with Crippen LogP contribution < -0.4 is 5.73 Å². The molecule has 6 aliphatic rings. The topological polar surface area (TPSA) is 56.2 Å². The normalized spacial score (nSPS) is 22.5. The van der Waals surface area contributed by atoms with Crippen LogP contribution in [-0.2, 0) is 6.42 Å². The van der Waals surface area contributed by atoms with Crippen molar-refractivity contribution >= 4 is 50.4 Å². The first-order valence-corrected chi connectivity index (χ1v) is 23.7. The van der Waals surface area contributed by atoms with Gasteiger partial charge in [0.1, 0.15) is 5.82 Å². The second-order valence-corrected chi connectivity index (χ2v) is 19.3. The third kappa shape index (κ3) is 6.00. The monoisotopic (exact) mass is 836 g/mol. The minimum atomic E-state index is 0.103. The highest BCUT2D eigenvalue weighted by Crippen LogP contribution is 2.56. The lowest BCUT2D eigenvalue weighted by Gasteiger charge is -2.34. The fraction of sp³-hybridized carbons (Fsp3) is 0.180. The Labute approximate surface area is 379 Å². The lowest BCUT2D eigenvalue weighted by molar-refractivity contribution is 0.549. The van der Waals surface area contributed by atoms with Gasteiger partial charge in [-0.15, -0.1) is 0 Å². The highest BCUT2D eigenvalue weighted by atomic mass is 15.1. The van der Waals surface area contributed by atoms with Gasteiger partial charge in [-0.25, -0.2) is 4.98 Å². The van der Waals surface area contributed by atoms with Crippen LogP contribution in [0.25, 0.3) is 56.1 Å². The molecule has 0 saturated heterocycles. The number of para-hydroxylation sites is 2. The molecule has 65 heavy (non-hydrogen) atoms. The fourth-order valence-corrected chi connectivity index (χ4v) is 12.4. The zero-order chi connectivity index (χ0) is 42.8. The first-order valence-electron chi connectivity index (χ1n) is 23.7. The van der Waals surface area contributed by atoms with Gasteiger partial charge in [-0.2, -0.15) is 0 Å². The molecule has 4 nitrogen and oxygen atoms in total. The van der Waals surface area contributed by atoms with Gasteiger partial charge in [-0.3, -0.25) is 9.56 Å². The van der Waals surface area contributed by atoms with Crippen molar-refractivity contribution in [3.05, 3.63) is 226 Å². The van der Waals surface area contributed by atoms with Crippen LogP contribution in [0, 0.1) is 11.8 Å². The third-order valence-corrected chi connectivity index (χ3v) is 15.7. The molecule has 4 heteroatoms. The minimum absolute atomic E-state index is 0.103. The van der Waals surface area contributed by atoms with Crippen LogP contribution >= 0.6 is 0 Å². The van der Waals surface area contributed by atoms with E-state index in [-0.39, 0.29) is 6.04 Å². The Hall–Kier alpha value is -7.14. The molecule has 2 N–H and O–H groups in total. The number of imidazole rings is 1. The molecule has 1 aromatic heterocycles. The Morgan fingerprint density at radius 1 is 0.646 bits per heavy atom. The van der Waals surface area contributed by atoms with E-state index in [2.05, 4.69) is 181 Å². The summed E-state index contributed by atoms with van der Waals surface area (Å²) in [5.74, 6) is 2.68. The number of hydrogen-bond acceptors (Lipinski definition) is 3. The largest absolute Gasteiger partial charge is 0.327 e. The molecule has 312 valence electrons. The van der Waals surface area contributed by atoms with Crippen LogP contribution in [0.4, 0.5) is 5.69 Å². The summed E-state index contributed by atoms with van der Waals surface area (Å²) >= 11 is 0. The number of nitrogens with two attached hydrogens (primary N) is 1. The van der Waals surface area contributed by atoms with Crippen LogP contribution in [0.5, 0.6) is 0 Å². The first kappa shape index (κ1) is 37.3. The summed E-state index contributed by atoms with van der Waals surface area (Å²) < 4.78 is 2.33. The molecule has 0 bridgehead atoms. The molecule has 0 saturated carbocycles. The highest BCUT2D eigenvalue weighted by molar-refractivity contribution is 6.05. The molecule has 2 heterocycles. The van der Waals surface area contributed by atoms with Crippen LogP contribution in [0.15, 0.2) is 186 Å². The summed E-state index contributed by atoms with van der Waals surface area (Å²) in [6.45, 7) is 0. The zero-order valence-corrected chi connectivity index (χ0v) is 36.3. The van der Waals surface area contributed by atoms with Crippen molar-refractivity contribution in [2.24, 2.45) is 22.6 Å². The summed E-state index contributed by atoms with van der Waals surface area (Å²) in [5.41, 5.74) is 30.8. The van der Waals surface area contributed by atoms with E-state index in [1.54, 1.807) is 5.57 Å². The smallest absolute Gasteiger partial charge is 0.145 e. The van der Waals surface area contributed by atoms with E-state index < -0.39 is 0 Å². The quantitative estimate of drug-likeness (QED) is 0.181. The van der Waals surface area contributed by atoms with Crippen LogP contribution in [0.3, 0.4) is 0 Å². The average Bonchev–Trinajstić information content (AvgIpc) is 4.03. The van der Waals surface area contributed by atoms with Gasteiger partial charge >= 0.3 is 0 Å². The Morgan fingerprint density at radius 2 is 1.43 bits per heavy atom. The van der Waals surface area contributed by atoms with E-state index >= 15 is 0 Å². The summed E-state index contributed by atoms with van der Waals surface area (Å²) in [6, 6.07) is 56.0. The lowest BCUT2D eigenvalue weighted by Crippen LogP contribution is -2.21. The van der Waals surface area contributed by atoms with Gasteiger partial charge in [0, 0.05) is 35.0 Å². The van der Waals surface area contributed by atoms with Gasteiger partial charge in [0.2, 0.25) is 0 Å². The maximum atomic E-state index is 6.98. The van der Waals surface area contributed by atoms with Gasteiger partial charge in [-0.1, -0.05) is 163 Å². The Balaban J connectivity index is 0.728. The van der Waals surface area contributed by atoms with Crippen LogP contribution in [0.1, 0.15) is 88.4 Å². The van der Waals surface area contributed by atoms with Gasteiger partial charge in [-0.05, 0) is 135 Å². The molecular formula is C61H48N4. The fourth-order valence-electron chi connectivity index (χ4n) is 12.4. The molecule has 5 atom stereocenters. The average molecular weight is 837 g/mol. The number of allylic oxidation sites excluding steroid dienone is 5. The predicted molar refractivity (Wildman–Crippen MR) is 268 cm³/mol. The molecule has 0 radical (unpaired) electrons. The maximum absolute atomic E-state index is 6.98. The lowest BCUT2D eigenvalue weighted by atomic mass is 9.71. The number of nitrogens with zero attached hydrogens (tertiary/aromatic N) is 3. The molecule has 7 aromatic carbocycles. The van der Waals surface area contributed by atoms with Crippen LogP contribution in [0.2, 0.25) is 0 Å². The predicted octanol–water partition coefficient (Wildman–Crippen LogP) is 14.1. The molecule has 14 rings (SSSR count). The van der Waals surface area contributed by atoms with Gasteiger partial charge in [0.05, 0.1) is 22.4 Å². The maximum Gasteiger partial charge on any atom is 0.145 e. The second-order valence-electron chi connectivity index (χ2n) is 19.3. The SMILES string of the molecule is NC1CC(c2ccc(C3=Nc4c(ccc5c4C5)C(C4CC=Cc5ccccc54)C3)cc2)=CC2CC3C(c4ccc(-c5nc6ccccc6n5-c5cccc6ccccc56)cc4)=CC3=C2C1. The van der Waals surface area contributed by atoms with Crippen LogP contribution in [-0.4, -0.2) is 21.3 Å². The standard InChI is InChI=1S/C61H48N4/c62-45-30-43(36-19-23-40(24-20-36)57-35-55(49-28-27-42-31-52(42)60(49)63-57)48-15-7-11-37-9-1-3-13-46(37)48)29-44-32-53-51(34-54(53)50(44)33-45)39-21-25-41(26-22-39)61-64-56-16-5-6-17-59(56)65(61)58-18-8-12-38-10-2-4-14-47(38)58/h1-14,16-29,34,44-45,48,53,55H,15,30-33,35,62H2. The Morgan fingerprint density at radius 3 is 2.35 bits per heavy atom. The zero-order valence-electron chi connectivity index (χ0n) is 36.3. The van der Waals surface area contributed by atoms with E-state index in [1.165, 1.54) is 83.4 Å². The Kier molecular flexibility index (Phi) is 8.27. The van der Waals surface area contributed by atoms with Crippen molar-refractivity contribution in [2.75, 3.05) is 0 Å². The number of aromatic nitrogens is 2. The van der Waals surface area contributed by atoms with Crippen molar-refractivity contribution in [1.29, 1.82) is 0 Å². The van der Waals surface area contributed by atoms with E-state index in [1.807, 2.05) is 0 Å². The molecule has 8 aromatic rings. The summed E-state index contributed by atoms with van der Waals surface area (Å²) in [5, 5.41) is 2.44. The minimum Gasteiger partial charge on any atom is -0.327 e. The molecule has 5 unspecified atom stereocenters. The van der Waals surface area contributed by atoms with Crippen molar-refractivity contribution in [2.45, 2.75) is 56.4 Å². The van der Waals surface area contributed by atoms with Gasteiger partial charge < -0.3 is 5.73 Å². The van der Waals surface area contributed by atoms with Gasteiger partial charge in [0.15, 0.2) is 0 Å². The van der Waals surface area contributed by atoms with Crippen molar-refractivity contribution in [3.63, 3.8) is 0 Å². The molecular weight excluding hydrogens is 789 g/mol. The third-order valence-electron chi connectivity index (χ3n) is 15.7. The van der Waals surface area contributed by atoms with E-state index in [0.717, 1.165) is 66.6 Å². The molecule has 0 fully saturated rings. The highest BCUT2D eigenvalue weighted by Gasteiger charge is 2.41. The van der Waals surface area contributed by atoms with Crippen molar-refractivity contribution in [1.82, 2.24) is 9.55 Å². The number of aliphatic imine (C=N–C) groups is 1. The summed E-state index contributed by atoms with van der Waals surface area (Å²) in [6.07, 6.45) is 15.8. The molecule has 5 aliphatic carbocycles. The number of hydrogen-bond donors (Lipinski definition) is 1. The summed E-state index contributed by atoms with van der Waals surface area (Å²) in [7, 11) is 0. The van der Waals surface area contributed by atoms with E-state index in [4.69, 9.17) is 15.7 Å². The molecule has 0 spiro atoms. The Bertz CT molecular complexity index is 3460.